The lowest BCUT2D eigenvalue weighted by Gasteiger charge is -2.19. The molecule has 0 aliphatic carbocycles. The van der Waals surface area contributed by atoms with Crippen molar-refractivity contribution in [2.75, 3.05) is 0 Å². The Balaban J connectivity index is 3.60. The predicted octanol–water partition coefficient (Wildman–Crippen LogP) is 7.50. The van der Waals surface area contributed by atoms with E-state index in [4.69, 9.17) is 0 Å². The van der Waals surface area contributed by atoms with E-state index >= 15 is 0 Å². The standard InChI is InChI=1S/C24H48O3/c1-3-5-7-9-10-11-12-13-14-15-17-18-20-22(24(26)27)23(25)21-19-16-8-6-4-2/h22-23,25H,3-21H2,1-2H3,(H,26,27). The van der Waals surface area contributed by atoms with E-state index in [2.05, 4.69) is 13.8 Å². The fourth-order valence-electron chi connectivity index (χ4n) is 3.84. The Hall–Kier alpha value is -0.570. The molecule has 27 heavy (non-hydrogen) atoms. The Labute approximate surface area is 169 Å². The molecule has 162 valence electrons. The van der Waals surface area contributed by atoms with Crippen LogP contribution in [0.1, 0.15) is 136 Å². The van der Waals surface area contributed by atoms with Gasteiger partial charge in [0.1, 0.15) is 0 Å². The van der Waals surface area contributed by atoms with Gasteiger partial charge in [-0.15, -0.1) is 0 Å². The van der Waals surface area contributed by atoms with Crippen molar-refractivity contribution < 1.29 is 15.0 Å². The maximum absolute atomic E-state index is 11.4. The van der Waals surface area contributed by atoms with Gasteiger partial charge in [0, 0.05) is 0 Å². The molecule has 3 nitrogen and oxygen atoms in total. The average molecular weight is 385 g/mol. The second-order valence-electron chi connectivity index (χ2n) is 8.39. The first kappa shape index (κ1) is 26.4. The molecular formula is C24H48O3. The molecule has 0 aliphatic rings. The normalized spacial score (nSPS) is 13.6. The zero-order valence-corrected chi connectivity index (χ0v) is 18.4. The summed E-state index contributed by atoms with van der Waals surface area (Å²) in [4.78, 5) is 11.4. The lowest BCUT2D eigenvalue weighted by Crippen LogP contribution is -2.28. The third kappa shape index (κ3) is 17.3. The lowest BCUT2D eigenvalue weighted by molar-refractivity contribution is -0.146. The van der Waals surface area contributed by atoms with Crippen LogP contribution in [-0.4, -0.2) is 22.3 Å². The first-order valence-electron chi connectivity index (χ1n) is 12.0. The quantitative estimate of drug-likeness (QED) is 0.201. The van der Waals surface area contributed by atoms with Gasteiger partial charge in [-0.1, -0.05) is 123 Å². The minimum atomic E-state index is -0.820. The van der Waals surface area contributed by atoms with E-state index in [0.29, 0.717) is 12.8 Å². The molecule has 0 aromatic carbocycles. The van der Waals surface area contributed by atoms with E-state index in [0.717, 1.165) is 25.7 Å². The van der Waals surface area contributed by atoms with Crippen LogP contribution in [-0.2, 0) is 4.79 Å². The van der Waals surface area contributed by atoms with Gasteiger partial charge in [-0.3, -0.25) is 4.79 Å². The summed E-state index contributed by atoms with van der Waals surface area (Å²) in [5, 5.41) is 19.6. The van der Waals surface area contributed by atoms with Crippen molar-refractivity contribution in [1.82, 2.24) is 0 Å². The second kappa shape index (κ2) is 20.2. The van der Waals surface area contributed by atoms with E-state index in [-0.39, 0.29) is 0 Å². The number of carboxylic acid groups (broad SMARTS) is 1. The van der Waals surface area contributed by atoms with E-state index in [1.807, 2.05) is 0 Å². The van der Waals surface area contributed by atoms with Crippen LogP contribution < -0.4 is 0 Å². The Bertz CT molecular complexity index is 317. The van der Waals surface area contributed by atoms with Gasteiger partial charge in [-0.2, -0.15) is 0 Å². The topological polar surface area (TPSA) is 57.5 Å². The summed E-state index contributed by atoms with van der Waals surface area (Å²) in [6, 6.07) is 0. The number of aliphatic hydroxyl groups excluding tert-OH is 1. The maximum Gasteiger partial charge on any atom is 0.309 e. The fraction of sp³-hybridized carbons (Fsp3) is 0.958. The molecule has 0 heterocycles. The Morgan fingerprint density at radius 2 is 0.926 bits per heavy atom. The minimum Gasteiger partial charge on any atom is -0.481 e. The summed E-state index contributed by atoms with van der Waals surface area (Å²) >= 11 is 0. The number of aliphatic hydroxyl groups is 1. The van der Waals surface area contributed by atoms with Crippen LogP contribution in [0.25, 0.3) is 0 Å². The highest BCUT2D eigenvalue weighted by Crippen LogP contribution is 2.20. The summed E-state index contributed by atoms with van der Waals surface area (Å²) in [5.41, 5.74) is 0. The highest BCUT2D eigenvalue weighted by molar-refractivity contribution is 5.70. The molecular weight excluding hydrogens is 336 g/mol. The Morgan fingerprint density at radius 3 is 1.30 bits per heavy atom. The monoisotopic (exact) mass is 384 g/mol. The van der Waals surface area contributed by atoms with Gasteiger partial charge in [0.05, 0.1) is 12.0 Å². The summed E-state index contributed by atoms with van der Waals surface area (Å²) in [7, 11) is 0. The van der Waals surface area contributed by atoms with Gasteiger partial charge in [-0.25, -0.2) is 0 Å². The number of carboxylic acids is 1. The molecule has 0 fully saturated rings. The summed E-state index contributed by atoms with van der Waals surface area (Å²) in [6.45, 7) is 4.44. The van der Waals surface area contributed by atoms with Gasteiger partial charge >= 0.3 is 5.97 Å². The highest BCUT2D eigenvalue weighted by Gasteiger charge is 2.25. The number of hydrogen-bond donors (Lipinski definition) is 2. The molecule has 2 unspecified atom stereocenters. The summed E-state index contributed by atoms with van der Waals surface area (Å²) in [6.07, 6.45) is 21.7. The van der Waals surface area contributed by atoms with Gasteiger partial charge in [0.2, 0.25) is 0 Å². The first-order chi connectivity index (χ1) is 13.1. The van der Waals surface area contributed by atoms with Crippen LogP contribution in [0.3, 0.4) is 0 Å². The van der Waals surface area contributed by atoms with Gasteiger partial charge in [0.15, 0.2) is 0 Å². The van der Waals surface area contributed by atoms with E-state index in [1.165, 1.54) is 83.5 Å². The van der Waals surface area contributed by atoms with Crippen molar-refractivity contribution in [3.05, 3.63) is 0 Å². The third-order valence-corrected chi connectivity index (χ3v) is 5.75. The molecule has 2 atom stereocenters. The summed E-state index contributed by atoms with van der Waals surface area (Å²) in [5.74, 6) is -1.39. The predicted molar refractivity (Wildman–Crippen MR) is 116 cm³/mol. The van der Waals surface area contributed by atoms with Crippen molar-refractivity contribution >= 4 is 5.97 Å². The molecule has 2 N–H and O–H groups in total. The van der Waals surface area contributed by atoms with Crippen LogP contribution in [0.4, 0.5) is 0 Å². The molecule has 0 rings (SSSR count). The van der Waals surface area contributed by atoms with Crippen LogP contribution in [0.5, 0.6) is 0 Å². The Morgan fingerprint density at radius 1 is 0.593 bits per heavy atom. The largest absolute Gasteiger partial charge is 0.481 e. The van der Waals surface area contributed by atoms with Crippen molar-refractivity contribution in [3.8, 4) is 0 Å². The third-order valence-electron chi connectivity index (χ3n) is 5.75. The lowest BCUT2D eigenvalue weighted by atomic mass is 9.91. The van der Waals surface area contributed by atoms with Crippen molar-refractivity contribution in [2.45, 2.75) is 142 Å². The molecule has 0 saturated carbocycles. The van der Waals surface area contributed by atoms with E-state index in [9.17, 15) is 15.0 Å². The molecule has 0 aliphatic heterocycles. The van der Waals surface area contributed by atoms with Gasteiger partial charge < -0.3 is 10.2 Å². The molecule has 0 saturated heterocycles. The highest BCUT2D eigenvalue weighted by atomic mass is 16.4. The van der Waals surface area contributed by atoms with Gasteiger partial charge in [0.25, 0.3) is 0 Å². The van der Waals surface area contributed by atoms with E-state index < -0.39 is 18.0 Å². The van der Waals surface area contributed by atoms with Crippen LogP contribution in [0.15, 0.2) is 0 Å². The fourth-order valence-corrected chi connectivity index (χ4v) is 3.84. The van der Waals surface area contributed by atoms with Crippen molar-refractivity contribution in [2.24, 2.45) is 5.92 Å². The van der Waals surface area contributed by atoms with Crippen molar-refractivity contribution in [3.63, 3.8) is 0 Å². The molecule has 0 amide bonds. The molecule has 0 aromatic rings. The smallest absolute Gasteiger partial charge is 0.309 e. The zero-order valence-electron chi connectivity index (χ0n) is 18.4. The number of rotatable bonds is 21. The molecule has 3 heteroatoms. The zero-order chi connectivity index (χ0) is 20.2. The van der Waals surface area contributed by atoms with Crippen LogP contribution in [0, 0.1) is 5.92 Å². The first-order valence-corrected chi connectivity index (χ1v) is 12.0. The average Bonchev–Trinajstić information content (AvgIpc) is 2.65. The molecule has 0 bridgehead atoms. The Kier molecular flexibility index (Phi) is 19.7. The number of unbranched alkanes of at least 4 members (excludes halogenated alkanes) is 15. The number of carbonyl (C=O) groups is 1. The van der Waals surface area contributed by atoms with E-state index in [1.54, 1.807) is 0 Å². The number of hydrogen-bond acceptors (Lipinski definition) is 2. The van der Waals surface area contributed by atoms with Crippen LogP contribution >= 0.6 is 0 Å². The minimum absolute atomic E-state index is 0.570. The second-order valence-corrected chi connectivity index (χ2v) is 8.39. The number of aliphatic carboxylic acids is 1. The summed E-state index contributed by atoms with van der Waals surface area (Å²) < 4.78 is 0. The maximum atomic E-state index is 11.4. The molecule has 0 radical (unpaired) electrons. The molecule has 0 spiro atoms. The van der Waals surface area contributed by atoms with Crippen LogP contribution in [0.2, 0.25) is 0 Å². The van der Waals surface area contributed by atoms with Gasteiger partial charge in [-0.05, 0) is 12.8 Å². The SMILES string of the molecule is CCCCCCCCCCCCCCC(C(=O)O)C(O)CCCCCCC. The molecule has 0 aromatic heterocycles. The van der Waals surface area contributed by atoms with Crippen molar-refractivity contribution in [1.29, 1.82) is 0 Å².